The van der Waals surface area contributed by atoms with Crippen molar-refractivity contribution in [3.05, 3.63) is 51.5 Å². The maximum Gasteiger partial charge on any atom is 0.180 e. The highest BCUT2D eigenvalue weighted by molar-refractivity contribution is 6.32. The number of methoxy groups -OCH3 is 1. The molecule has 3 nitrogen and oxygen atoms in total. The number of ether oxygens (including phenoxy) is 2. The van der Waals surface area contributed by atoms with Crippen molar-refractivity contribution in [3.8, 4) is 11.5 Å². The summed E-state index contributed by atoms with van der Waals surface area (Å²) in [5.41, 5.74) is 2.58. The molecule has 0 spiro atoms. The third kappa shape index (κ3) is 4.43. The van der Waals surface area contributed by atoms with Crippen molar-refractivity contribution in [2.45, 2.75) is 33.3 Å². The second-order valence-corrected chi connectivity index (χ2v) is 6.33. The molecule has 0 aliphatic heterocycles. The van der Waals surface area contributed by atoms with Gasteiger partial charge in [-0.1, -0.05) is 36.2 Å². The first-order chi connectivity index (χ1) is 11.5. The van der Waals surface area contributed by atoms with E-state index in [1.165, 1.54) is 0 Å². The van der Waals surface area contributed by atoms with Crippen molar-refractivity contribution in [1.29, 1.82) is 0 Å². The van der Waals surface area contributed by atoms with Crippen molar-refractivity contribution >= 4 is 35.1 Å². The molecule has 0 bridgehead atoms. The molecule has 24 heavy (non-hydrogen) atoms. The number of hydrogen-bond donors (Lipinski definition) is 0. The standard InChI is InChI=1S/C19H21Cl2NO2/c1-5-12(2)24-19-16(21)9-14(10-18(19)23-4)11-22-17-8-6-7-15(20)13(17)3/h6-12H,5H2,1-4H3/t12-/m1/s1. The molecule has 2 aromatic rings. The highest BCUT2D eigenvalue weighted by atomic mass is 35.5. The fraction of sp³-hybridized carbons (Fsp3) is 0.316. The van der Waals surface area contributed by atoms with Gasteiger partial charge < -0.3 is 9.47 Å². The summed E-state index contributed by atoms with van der Waals surface area (Å²) in [5, 5.41) is 1.19. The Morgan fingerprint density at radius 1 is 1.21 bits per heavy atom. The molecule has 0 saturated heterocycles. The molecule has 0 N–H and O–H groups in total. The molecular formula is C19H21Cl2NO2. The van der Waals surface area contributed by atoms with Crippen molar-refractivity contribution in [1.82, 2.24) is 0 Å². The molecule has 0 aliphatic rings. The van der Waals surface area contributed by atoms with Gasteiger partial charge in [-0.3, -0.25) is 4.99 Å². The summed E-state index contributed by atoms with van der Waals surface area (Å²) in [6.45, 7) is 5.98. The molecule has 5 heteroatoms. The quantitative estimate of drug-likeness (QED) is 0.567. The zero-order valence-electron chi connectivity index (χ0n) is 14.3. The van der Waals surface area contributed by atoms with E-state index in [0.29, 0.717) is 21.5 Å². The summed E-state index contributed by atoms with van der Waals surface area (Å²) in [4.78, 5) is 4.50. The van der Waals surface area contributed by atoms with E-state index in [1.807, 2.05) is 44.2 Å². The highest BCUT2D eigenvalue weighted by Gasteiger charge is 2.14. The van der Waals surface area contributed by atoms with Gasteiger partial charge in [0.2, 0.25) is 0 Å². The largest absolute Gasteiger partial charge is 0.493 e. The van der Waals surface area contributed by atoms with Crippen LogP contribution in [0.1, 0.15) is 31.4 Å². The summed E-state index contributed by atoms with van der Waals surface area (Å²) in [7, 11) is 1.59. The Hall–Kier alpha value is -1.71. The number of halogens is 2. The Balaban J connectivity index is 2.33. The lowest BCUT2D eigenvalue weighted by Gasteiger charge is -2.17. The third-order valence-electron chi connectivity index (χ3n) is 3.74. The number of rotatable bonds is 6. The van der Waals surface area contributed by atoms with Crippen LogP contribution in [0.5, 0.6) is 11.5 Å². The minimum atomic E-state index is 0.0602. The van der Waals surface area contributed by atoms with Crippen LogP contribution in [0.3, 0.4) is 0 Å². The molecule has 0 heterocycles. The molecule has 0 unspecified atom stereocenters. The van der Waals surface area contributed by atoms with Crippen LogP contribution in [0.2, 0.25) is 10.0 Å². The lowest BCUT2D eigenvalue weighted by Crippen LogP contribution is -2.11. The smallest absolute Gasteiger partial charge is 0.180 e. The summed E-state index contributed by atoms with van der Waals surface area (Å²) < 4.78 is 11.3. The lowest BCUT2D eigenvalue weighted by molar-refractivity contribution is 0.208. The predicted molar refractivity (Wildman–Crippen MR) is 102 cm³/mol. The molecule has 128 valence electrons. The van der Waals surface area contributed by atoms with Gasteiger partial charge in [-0.05, 0) is 55.7 Å². The second-order valence-electron chi connectivity index (χ2n) is 5.51. The van der Waals surface area contributed by atoms with Gasteiger partial charge in [0.05, 0.1) is 23.9 Å². The fourth-order valence-corrected chi connectivity index (χ4v) is 2.53. The average molecular weight is 366 g/mol. The first-order valence-corrected chi connectivity index (χ1v) is 8.55. The Morgan fingerprint density at radius 2 is 1.96 bits per heavy atom. The maximum atomic E-state index is 6.36. The van der Waals surface area contributed by atoms with Gasteiger partial charge in [0.15, 0.2) is 11.5 Å². The van der Waals surface area contributed by atoms with Crippen molar-refractivity contribution in [3.63, 3.8) is 0 Å². The first-order valence-electron chi connectivity index (χ1n) is 7.79. The average Bonchev–Trinajstić information content (AvgIpc) is 2.57. The minimum Gasteiger partial charge on any atom is -0.493 e. The Morgan fingerprint density at radius 3 is 2.62 bits per heavy atom. The molecule has 2 aromatic carbocycles. The van der Waals surface area contributed by atoms with Gasteiger partial charge in [-0.25, -0.2) is 0 Å². The molecule has 0 radical (unpaired) electrons. The van der Waals surface area contributed by atoms with Gasteiger partial charge in [0, 0.05) is 11.2 Å². The van der Waals surface area contributed by atoms with Crippen molar-refractivity contribution < 1.29 is 9.47 Å². The molecule has 2 rings (SSSR count). The van der Waals surface area contributed by atoms with E-state index in [9.17, 15) is 0 Å². The van der Waals surface area contributed by atoms with E-state index < -0.39 is 0 Å². The minimum absolute atomic E-state index is 0.0602. The summed E-state index contributed by atoms with van der Waals surface area (Å²) in [6.07, 6.45) is 2.68. The van der Waals surface area contributed by atoms with Gasteiger partial charge in [-0.2, -0.15) is 0 Å². The fourth-order valence-electron chi connectivity index (χ4n) is 2.09. The molecule has 0 aliphatic carbocycles. The van der Waals surface area contributed by atoms with Gasteiger partial charge in [0.1, 0.15) is 0 Å². The zero-order chi connectivity index (χ0) is 17.7. The van der Waals surface area contributed by atoms with Crippen LogP contribution in [0.25, 0.3) is 0 Å². The molecular weight excluding hydrogens is 345 g/mol. The number of nitrogens with zero attached hydrogens (tertiary/aromatic N) is 1. The summed E-state index contributed by atoms with van der Waals surface area (Å²) in [5.74, 6) is 1.15. The van der Waals surface area contributed by atoms with Crippen molar-refractivity contribution in [2.24, 2.45) is 4.99 Å². The second kappa shape index (κ2) is 8.41. The number of aliphatic imine (C=N–C) groups is 1. The van der Waals surface area contributed by atoms with E-state index in [2.05, 4.69) is 11.9 Å². The predicted octanol–water partition coefficient (Wildman–Crippen LogP) is 6.24. The topological polar surface area (TPSA) is 30.8 Å². The van der Waals surface area contributed by atoms with Gasteiger partial charge in [0.25, 0.3) is 0 Å². The normalized spacial score (nSPS) is 12.4. The van der Waals surface area contributed by atoms with Crippen LogP contribution in [0.15, 0.2) is 35.3 Å². The number of hydrogen-bond acceptors (Lipinski definition) is 3. The molecule has 0 aromatic heterocycles. The number of benzene rings is 2. The molecule has 0 saturated carbocycles. The van der Waals surface area contributed by atoms with Crippen molar-refractivity contribution in [2.75, 3.05) is 7.11 Å². The highest BCUT2D eigenvalue weighted by Crippen LogP contribution is 2.37. The van der Waals surface area contributed by atoms with E-state index in [1.54, 1.807) is 13.3 Å². The van der Waals surface area contributed by atoms with Gasteiger partial charge >= 0.3 is 0 Å². The Bertz CT molecular complexity index is 744. The molecule has 0 amide bonds. The van der Waals surface area contributed by atoms with Crippen LogP contribution in [0.4, 0.5) is 5.69 Å². The SMILES string of the molecule is CC[C@@H](C)Oc1c(Cl)cc(C=Nc2cccc(Cl)c2C)cc1OC. The van der Waals surface area contributed by atoms with Crippen LogP contribution >= 0.6 is 23.2 Å². The maximum absolute atomic E-state index is 6.36. The van der Waals surface area contributed by atoms with Crippen LogP contribution in [0, 0.1) is 6.92 Å². The van der Waals surface area contributed by atoms with Crippen LogP contribution in [-0.2, 0) is 0 Å². The lowest BCUT2D eigenvalue weighted by atomic mass is 10.2. The van der Waals surface area contributed by atoms with E-state index in [-0.39, 0.29) is 6.10 Å². The summed E-state index contributed by atoms with van der Waals surface area (Å²) >= 11 is 12.5. The summed E-state index contributed by atoms with van der Waals surface area (Å²) in [6, 6.07) is 9.30. The third-order valence-corrected chi connectivity index (χ3v) is 4.43. The Kier molecular flexibility index (Phi) is 6.52. The van der Waals surface area contributed by atoms with E-state index in [4.69, 9.17) is 32.7 Å². The Labute approximate surface area is 153 Å². The van der Waals surface area contributed by atoms with Crippen LogP contribution < -0.4 is 9.47 Å². The van der Waals surface area contributed by atoms with E-state index in [0.717, 1.165) is 23.2 Å². The monoisotopic (exact) mass is 365 g/mol. The first kappa shape index (κ1) is 18.6. The van der Waals surface area contributed by atoms with Gasteiger partial charge in [-0.15, -0.1) is 0 Å². The van der Waals surface area contributed by atoms with E-state index >= 15 is 0 Å². The van der Waals surface area contributed by atoms with Crippen LogP contribution in [-0.4, -0.2) is 19.4 Å². The molecule has 1 atom stereocenters. The zero-order valence-corrected chi connectivity index (χ0v) is 15.8. The molecule has 0 fully saturated rings.